The van der Waals surface area contributed by atoms with Crippen molar-refractivity contribution in [2.45, 2.75) is 57.8 Å². The van der Waals surface area contributed by atoms with Crippen molar-refractivity contribution in [3.8, 4) is 0 Å². The fourth-order valence-electron chi connectivity index (χ4n) is 1.98. The lowest BCUT2D eigenvalue weighted by Gasteiger charge is -2.17. The van der Waals surface area contributed by atoms with E-state index in [2.05, 4.69) is 10.1 Å². The zero-order valence-corrected chi connectivity index (χ0v) is 9.90. The summed E-state index contributed by atoms with van der Waals surface area (Å²) >= 11 is 0. The van der Waals surface area contributed by atoms with Gasteiger partial charge in [-0.1, -0.05) is 18.0 Å². The van der Waals surface area contributed by atoms with Gasteiger partial charge in [-0.05, 0) is 26.7 Å². The van der Waals surface area contributed by atoms with Crippen LogP contribution in [-0.4, -0.2) is 16.2 Å². The summed E-state index contributed by atoms with van der Waals surface area (Å²) in [5.74, 6) is 1.15. The molecule has 0 radical (unpaired) electrons. The zero-order valence-electron chi connectivity index (χ0n) is 9.90. The maximum absolute atomic E-state index is 6.22. The molecule has 1 aromatic rings. The number of hydrogen-bond donors (Lipinski definition) is 1. The van der Waals surface area contributed by atoms with E-state index in [-0.39, 0.29) is 11.6 Å². The maximum atomic E-state index is 6.22. The molecule has 0 amide bonds. The Hall–Kier alpha value is -0.940. The molecule has 0 atom stereocenters. The highest BCUT2D eigenvalue weighted by molar-refractivity contribution is 5.06. The predicted molar refractivity (Wildman–Crippen MR) is 58.6 cm³/mol. The summed E-state index contributed by atoms with van der Waals surface area (Å²) in [7, 11) is 0. The van der Waals surface area contributed by atoms with Crippen LogP contribution in [0.15, 0.2) is 4.52 Å². The van der Waals surface area contributed by atoms with Gasteiger partial charge in [-0.2, -0.15) is 4.98 Å². The Morgan fingerprint density at radius 1 is 1.44 bits per heavy atom. The van der Waals surface area contributed by atoms with Crippen LogP contribution in [0.3, 0.4) is 0 Å². The second-order valence-corrected chi connectivity index (χ2v) is 4.73. The quantitative estimate of drug-likeness (QED) is 0.844. The first-order valence-electron chi connectivity index (χ1n) is 5.84. The van der Waals surface area contributed by atoms with Crippen molar-refractivity contribution in [1.29, 1.82) is 0 Å². The van der Waals surface area contributed by atoms with E-state index in [1.165, 1.54) is 0 Å². The minimum atomic E-state index is -0.375. The summed E-state index contributed by atoms with van der Waals surface area (Å²) in [4.78, 5) is 4.31. The molecule has 0 unspecified atom stereocenters. The Kier molecular flexibility index (Phi) is 3.25. The smallest absolute Gasteiger partial charge is 0.252 e. The Bertz CT molecular complexity index is 343. The molecule has 1 aliphatic carbocycles. The molecule has 1 aliphatic rings. The highest BCUT2D eigenvalue weighted by Gasteiger charge is 2.35. The van der Waals surface area contributed by atoms with E-state index in [0.717, 1.165) is 25.7 Å². The van der Waals surface area contributed by atoms with Gasteiger partial charge >= 0.3 is 0 Å². The topological polar surface area (TPSA) is 74.2 Å². The first-order chi connectivity index (χ1) is 7.60. The molecule has 2 rings (SSSR count). The van der Waals surface area contributed by atoms with Gasteiger partial charge < -0.3 is 15.0 Å². The average Bonchev–Trinajstić information content (AvgIpc) is 2.84. The van der Waals surface area contributed by atoms with E-state index in [0.29, 0.717) is 18.3 Å². The Balaban J connectivity index is 2.01. The fourth-order valence-corrected chi connectivity index (χ4v) is 1.98. The minimum absolute atomic E-state index is 0.161. The lowest BCUT2D eigenvalue weighted by Crippen LogP contribution is -2.34. The lowest BCUT2D eigenvalue weighted by molar-refractivity contribution is 0.0485. The molecule has 1 saturated carbocycles. The standard InChI is InChI=1S/C11H19N3O2/c1-8(2)15-7-9-13-10(14-16-9)11(12)5-3-4-6-11/h8H,3-7,12H2,1-2H3. The molecule has 5 nitrogen and oxygen atoms in total. The highest BCUT2D eigenvalue weighted by atomic mass is 16.5. The van der Waals surface area contributed by atoms with Crippen LogP contribution in [0.2, 0.25) is 0 Å². The molecule has 1 fully saturated rings. The van der Waals surface area contributed by atoms with Gasteiger partial charge in [0.25, 0.3) is 5.89 Å². The molecule has 0 spiro atoms. The van der Waals surface area contributed by atoms with Crippen LogP contribution in [0, 0.1) is 0 Å². The molecule has 0 saturated heterocycles. The molecule has 16 heavy (non-hydrogen) atoms. The summed E-state index contributed by atoms with van der Waals surface area (Å²) in [6.45, 7) is 4.30. The number of hydrogen-bond acceptors (Lipinski definition) is 5. The van der Waals surface area contributed by atoms with Gasteiger partial charge in [0.2, 0.25) is 0 Å². The fraction of sp³-hybridized carbons (Fsp3) is 0.818. The third-order valence-corrected chi connectivity index (χ3v) is 2.95. The molecular formula is C11H19N3O2. The lowest BCUT2D eigenvalue weighted by atomic mass is 9.99. The van der Waals surface area contributed by atoms with Crippen LogP contribution in [-0.2, 0) is 16.9 Å². The van der Waals surface area contributed by atoms with Crippen LogP contribution >= 0.6 is 0 Å². The normalized spacial score (nSPS) is 19.5. The van der Waals surface area contributed by atoms with Crippen molar-refractivity contribution in [1.82, 2.24) is 10.1 Å². The van der Waals surface area contributed by atoms with Gasteiger partial charge in [0, 0.05) is 0 Å². The summed E-state index contributed by atoms with van der Waals surface area (Å²) in [6.07, 6.45) is 4.33. The van der Waals surface area contributed by atoms with Crippen molar-refractivity contribution >= 4 is 0 Å². The van der Waals surface area contributed by atoms with E-state index in [1.807, 2.05) is 13.8 Å². The molecule has 0 bridgehead atoms. The number of rotatable bonds is 4. The van der Waals surface area contributed by atoms with E-state index < -0.39 is 0 Å². The van der Waals surface area contributed by atoms with Gasteiger partial charge in [0.1, 0.15) is 6.61 Å². The second-order valence-electron chi connectivity index (χ2n) is 4.73. The average molecular weight is 225 g/mol. The van der Waals surface area contributed by atoms with Crippen LogP contribution in [0.1, 0.15) is 51.2 Å². The first-order valence-corrected chi connectivity index (χ1v) is 5.84. The predicted octanol–water partition coefficient (Wildman–Crippen LogP) is 1.72. The van der Waals surface area contributed by atoms with E-state index >= 15 is 0 Å². The summed E-state index contributed by atoms with van der Waals surface area (Å²) in [5, 5.41) is 3.96. The molecule has 1 aromatic heterocycles. The number of nitrogens with two attached hydrogens (primary N) is 1. The van der Waals surface area contributed by atoms with Gasteiger partial charge in [0.15, 0.2) is 5.82 Å². The van der Waals surface area contributed by atoms with Gasteiger partial charge in [-0.25, -0.2) is 0 Å². The summed E-state index contributed by atoms with van der Waals surface area (Å²) < 4.78 is 10.5. The van der Waals surface area contributed by atoms with Gasteiger partial charge in [-0.15, -0.1) is 0 Å². The van der Waals surface area contributed by atoms with Crippen molar-refractivity contribution in [3.63, 3.8) is 0 Å². The zero-order chi connectivity index (χ0) is 11.6. The van der Waals surface area contributed by atoms with Crippen LogP contribution in [0.25, 0.3) is 0 Å². The molecule has 5 heteroatoms. The van der Waals surface area contributed by atoms with E-state index in [1.54, 1.807) is 0 Å². The van der Waals surface area contributed by atoms with Gasteiger partial charge in [0.05, 0.1) is 11.6 Å². The minimum Gasteiger partial charge on any atom is -0.369 e. The largest absolute Gasteiger partial charge is 0.369 e. The third kappa shape index (κ3) is 2.41. The van der Waals surface area contributed by atoms with Crippen molar-refractivity contribution in [2.75, 3.05) is 0 Å². The van der Waals surface area contributed by atoms with Crippen LogP contribution in [0.4, 0.5) is 0 Å². The molecule has 1 heterocycles. The van der Waals surface area contributed by atoms with E-state index in [4.69, 9.17) is 15.0 Å². The number of nitrogens with zero attached hydrogens (tertiary/aromatic N) is 2. The monoisotopic (exact) mass is 225 g/mol. The first kappa shape index (κ1) is 11.5. The third-order valence-electron chi connectivity index (χ3n) is 2.95. The van der Waals surface area contributed by atoms with Crippen LogP contribution < -0.4 is 5.73 Å². The number of aromatic nitrogens is 2. The van der Waals surface area contributed by atoms with Crippen molar-refractivity contribution in [2.24, 2.45) is 5.73 Å². The second kappa shape index (κ2) is 4.51. The summed E-state index contributed by atoms with van der Waals surface area (Å²) in [6, 6.07) is 0. The number of ether oxygens (including phenoxy) is 1. The molecule has 2 N–H and O–H groups in total. The Morgan fingerprint density at radius 3 is 2.75 bits per heavy atom. The maximum Gasteiger partial charge on any atom is 0.252 e. The van der Waals surface area contributed by atoms with Crippen molar-refractivity contribution < 1.29 is 9.26 Å². The van der Waals surface area contributed by atoms with Crippen LogP contribution in [0.5, 0.6) is 0 Å². The van der Waals surface area contributed by atoms with E-state index in [9.17, 15) is 0 Å². The van der Waals surface area contributed by atoms with Crippen molar-refractivity contribution in [3.05, 3.63) is 11.7 Å². The SMILES string of the molecule is CC(C)OCc1nc(C2(N)CCCC2)no1. The molecular weight excluding hydrogens is 206 g/mol. The Labute approximate surface area is 95.3 Å². The Morgan fingerprint density at radius 2 is 2.12 bits per heavy atom. The highest BCUT2D eigenvalue weighted by Crippen LogP contribution is 2.34. The summed E-state index contributed by atoms with van der Waals surface area (Å²) in [5.41, 5.74) is 5.85. The molecule has 0 aliphatic heterocycles. The molecule has 90 valence electrons. The molecule has 0 aromatic carbocycles. The van der Waals surface area contributed by atoms with Gasteiger partial charge in [-0.3, -0.25) is 0 Å².